The van der Waals surface area contributed by atoms with Gasteiger partial charge in [0.05, 0.1) is 44.5 Å². The molecule has 146 valence electrons. The van der Waals surface area contributed by atoms with Crippen LogP contribution in [0.2, 0.25) is 0 Å². The van der Waals surface area contributed by atoms with Crippen molar-refractivity contribution in [2.45, 2.75) is 19.8 Å². The van der Waals surface area contributed by atoms with Gasteiger partial charge in [0.15, 0.2) is 11.5 Å². The Bertz CT molecular complexity index is 734. The summed E-state index contributed by atoms with van der Waals surface area (Å²) in [7, 11) is 4.34. The van der Waals surface area contributed by atoms with Crippen LogP contribution in [-0.2, 0) is 19.1 Å². The molecule has 0 N–H and O–H groups in total. The lowest BCUT2D eigenvalue weighted by molar-refractivity contribution is -0.137. The largest absolute Gasteiger partial charge is 0.490 e. The predicted molar refractivity (Wildman–Crippen MR) is 99.5 cm³/mol. The zero-order chi connectivity index (χ0) is 20.0. The summed E-state index contributed by atoms with van der Waals surface area (Å²) in [5, 5.41) is 0. The second-order valence-corrected chi connectivity index (χ2v) is 5.82. The highest BCUT2D eigenvalue weighted by Crippen LogP contribution is 2.40. The van der Waals surface area contributed by atoms with E-state index in [0.29, 0.717) is 41.4 Å². The van der Waals surface area contributed by atoms with Crippen molar-refractivity contribution in [2.75, 3.05) is 34.5 Å². The molecule has 0 unspecified atom stereocenters. The summed E-state index contributed by atoms with van der Waals surface area (Å²) in [6.45, 7) is 4.71. The average Bonchev–Trinajstić information content (AvgIpc) is 2.67. The zero-order valence-electron chi connectivity index (χ0n) is 16.3. The molecule has 0 saturated carbocycles. The molecule has 1 aliphatic heterocycles. The molecule has 0 amide bonds. The second kappa shape index (κ2) is 9.12. The normalized spacial score (nSPS) is 14.2. The number of methoxy groups -OCH3 is 2. The van der Waals surface area contributed by atoms with Crippen molar-refractivity contribution in [3.8, 4) is 11.5 Å². The van der Waals surface area contributed by atoms with Crippen LogP contribution in [0, 0.1) is 0 Å². The molecule has 2 rings (SSSR count). The third kappa shape index (κ3) is 4.42. The molecule has 7 heteroatoms. The van der Waals surface area contributed by atoms with Gasteiger partial charge in [0.2, 0.25) is 0 Å². The molecule has 0 bridgehead atoms. The van der Waals surface area contributed by atoms with E-state index in [1.807, 2.05) is 13.8 Å². The lowest BCUT2D eigenvalue weighted by Crippen LogP contribution is -2.27. The van der Waals surface area contributed by atoms with E-state index in [-0.39, 0.29) is 0 Å². The van der Waals surface area contributed by atoms with Gasteiger partial charge in [-0.25, -0.2) is 9.59 Å². The highest BCUT2D eigenvalue weighted by Gasteiger charge is 2.35. The Morgan fingerprint density at radius 3 is 1.93 bits per heavy atom. The van der Waals surface area contributed by atoms with Crippen LogP contribution >= 0.6 is 0 Å². The van der Waals surface area contributed by atoms with Crippen LogP contribution in [0.3, 0.4) is 0 Å². The molecule has 0 aliphatic carbocycles. The molecule has 0 aromatic heterocycles. The number of benzene rings is 1. The van der Waals surface area contributed by atoms with E-state index in [9.17, 15) is 9.59 Å². The summed E-state index contributed by atoms with van der Waals surface area (Å²) >= 11 is 0. The number of esters is 2. The van der Waals surface area contributed by atoms with E-state index in [2.05, 4.69) is 0 Å². The van der Waals surface area contributed by atoms with Crippen molar-refractivity contribution >= 4 is 11.9 Å². The maximum Gasteiger partial charge on any atom is 0.336 e. The highest BCUT2D eigenvalue weighted by molar-refractivity contribution is 5.98. The molecule has 1 heterocycles. The van der Waals surface area contributed by atoms with Crippen molar-refractivity contribution in [1.82, 2.24) is 4.90 Å². The molecule has 0 atom stereocenters. The van der Waals surface area contributed by atoms with Gasteiger partial charge in [-0.2, -0.15) is 0 Å². The average molecular weight is 375 g/mol. The lowest BCUT2D eigenvalue weighted by Gasteiger charge is -2.28. The quantitative estimate of drug-likeness (QED) is 0.678. The summed E-state index contributed by atoms with van der Waals surface area (Å²) in [4.78, 5) is 26.4. The predicted octanol–water partition coefficient (Wildman–Crippen LogP) is 2.63. The molecule has 27 heavy (non-hydrogen) atoms. The van der Waals surface area contributed by atoms with Crippen LogP contribution in [0.5, 0.6) is 11.5 Å². The fourth-order valence-electron chi connectivity index (χ4n) is 2.98. The Labute approximate surface area is 159 Å². The van der Waals surface area contributed by atoms with Crippen molar-refractivity contribution < 1.29 is 28.5 Å². The highest BCUT2D eigenvalue weighted by atomic mass is 16.5. The molecule has 1 aromatic carbocycles. The first-order valence-corrected chi connectivity index (χ1v) is 8.68. The minimum atomic E-state index is -0.643. The summed E-state index contributed by atoms with van der Waals surface area (Å²) in [6, 6.07) is 5.35. The van der Waals surface area contributed by atoms with Gasteiger partial charge in [-0.05, 0) is 31.5 Å². The second-order valence-electron chi connectivity index (χ2n) is 5.82. The Morgan fingerprint density at radius 1 is 0.926 bits per heavy atom. The SMILES string of the molecule is CCOc1ccc(C2C(C(=O)OC)=CN(C)C=C2C(=O)OC)cc1OCC. The van der Waals surface area contributed by atoms with Crippen molar-refractivity contribution in [2.24, 2.45) is 0 Å². The molecule has 0 fully saturated rings. The maximum atomic E-state index is 12.4. The first kappa shape index (κ1) is 20.4. The Hall–Kier alpha value is -2.96. The van der Waals surface area contributed by atoms with Crippen LogP contribution in [0.15, 0.2) is 41.7 Å². The lowest BCUT2D eigenvalue weighted by atomic mass is 9.83. The standard InChI is InChI=1S/C20H25NO6/c1-6-26-16-9-8-13(10-17(16)27-7-2)18-14(19(22)24-4)11-21(3)12-15(18)20(23)25-5/h8-12,18H,6-7H2,1-5H3. The van der Waals surface area contributed by atoms with Gasteiger partial charge in [-0.3, -0.25) is 0 Å². The Morgan fingerprint density at radius 2 is 1.44 bits per heavy atom. The monoisotopic (exact) mass is 375 g/mol. The molecular formula is C20H25NO6. The smallest absolute Gasteiger partial charge is 0.336 e. The number of carbonyl (C=O) groups excluding carboxylic acids is 2. The Kier molecular flexibility index (Phi) is 6.87. The first-order valence-electron chi connectivity index (χ1n) is 8.68. The molecule has 0 saturated heterocycles. The van der Waals surface area contributed by atoms with E-state index in [1.165, 1.54) is 14.2 Å². The fraction of sp³-hybridized carbons (Fsp3) is 0.400. The zero-order valence-corrected chi connectivity index (χ0v) is 16.3. The molecule has 7 nitrogen and oxygen atoms in total. The van der Waals surface area contributed by atoms with E-state index in [4.69, 9.17) is 18.9 Å². The van der Waals surface area contributed by atoms with Crippen molar-refractivity contribution in [3.05, 3.63) is 47.3 Å². The summed E-state index contributed by atoms with van der Waals surface area (Å²) < 4.78 is 21.1. The third-order valence-corrected chi connectivity index (χ3v) is 4.05. The van der Waals surface area contributed by atoms with Gasteiger partial charge in [0, 0.05) is 19.4 Å². The van der Waals surface area contributed by atoms with Gasteiger partial charge < -0.3 is 23.8 Å². The topological polar surface area (TPSA) is 74.3 Å². The van der Waals surface area contributed by atoms with E-state index >= 15 is 0 Å². The van der Waals surface area contributed by atoms with Crippen LogP contribution in [0.4, 0.5) is 0 Å². The van der Waals surface area contributed by atoms with E-state index < -0.39 is 17.9 Å². The number of nitrogens with zero attached hydrogens (tertiary/aromatic N) is 1. The minimum absolute atomic E-state index is 0.328. The number of hydrogen-bond donors (Lipinski definition) is 0. The van der Waals surface area contributed by atoms with Crippen molar-refractivity contribution in [1.29, 1.82) is 0 Å². The molecule has 0 spiro atoms. The summed E-state index contributed by atoms with van der Waals surface area (Å²) in [6.07, 6.45) is 3.28. The molecular weight excluding hydrogens is 350 g/mol. The van der Waals surface area contributed by atoms with Gasteiger partial charge in [0.1, 0.15) is 0 Å². The van der Waals surface area contributed by atoms with E-state index in [0.717, 1.165) is 0 Å². The number of rotatable bonds is 7. The number of ether oxygens (including phenoxy) is 4. The van der Waals surface area contributed by atoms with Gasteiger partial charge in [0.25, 0.3) is 0 Å². The number of carbonyl (C=O) groups is 2. The van der Waals surface area contributed by atoms with E-state index in [1.54, 1.807) is 42.5 Å². The van der Waals surface area contributed by atoms with Gasteiger partial charge in [-0.1, -0.05) is 6.07 Å². The van der Waals surface area contributed by atoms with Crippen LogP contribution in [0.1, 0.15) is 25.3 Å². The van der Waals surface area contributed by atoms with Gasteiger partial charge >= 0.3 is 11.9 Å². The molecule has 1 aromatic rings. The Balaban J connectivity index is 2.59. The minimum Gasteiger partial charge on any atom is -0.490 e. The molecule has 0 radical (unpaired) electrons. The summed E-state index contributed by atoms with van der Waals surface area (Å²) in [5.74, 6) is -0.537. The third-order valence-electron chi connectivity index (χ3n) is 4.05. The van der Waals surface area contributed by atoms with Crippen molar-refractivity contribution in [3.63, 3.8) is 0 Å². The maximum absolute atomic E-state index is 12.4. The fourth-order valence-corrected chi connectivity index (χ4v) is 2.98. The van der Waals surface area contributed by atoms with Crippen LogP contribution in [0.25, 0.3) is 0 Å². The molecule has 1 aliphatic rings. The van der Waals surface area contributed by atoms with Crippen LogP contribution < -0.4 is 9.47 Å². The number of hydrogen-bond acceptors (Lipinski definition) is 7. The van der Waals surface area contributed by atoms with Gasteiger partial charge in [-0.15, -0.1) is 0 Å². The van der Waals surface area contributed by atoms with Crippen LogP contribution in [-0.4, -0.2) is 51.3 Å². The first-order chi connectivity index (χ1) is 13.0. The summed E-state index contributed by atoms with van der Waals surface area (Å²) in [5.41, 5.74) is 1.35.